The van der Waals surface area contributed by atoms with Crippen LogP contribution in [0.3, 0.4) is 0 Å². The highest BCUT2D eigenvalue weighted by Crippen LogP contribution is 2.30. The summed E-state index contributed by atoms with van der Waals surface area (Å²) in [5.41, 5.74) is 2.46. The molecule has 2 aliphatic carbocycles. The lowest BCUT2D eigenvalue weighted by molar-refractivity contribution is -0.117. The fourth-order valence-corrected chi connectivity index (χ4v) is 3.01. The molecule has 1 aromatic carbocycles. The molecule has 2 fully saturated rings. The van der Waals surface area contributed by atoms with Crippen molar-refractivity contribution in [3.63, 3.8) is 0 Å². The fourth-order valence-electron chi connectivity index (χ4n) is 3.01. The second kappa shape index (κ2) is 7.02. The van der Waals surface area contributed by atoms with Crippen LogP contribution in [0.25, 0.3) is 0 Å². The molecule has 2 aliphatic rings. The summed E-state index contributed by atoms with van der Waals surface area (Å²) in [5, 5.41) is 8.88. The molecular formula is C18H25N3O2. The van der Waals surface area contributed by atoms with Gasteiger partial charge in [-0.25, -0.2) is 4.79 Å². The Balaban J connectivity index is 1.59. The van der Waals surface area contributed by atoms with Crippen LogP contribution in [0.1, 0.15) is 50.5 Å². The zero-order valence-electron chi connectivity index (χ0n) is 13.7. The average molecular weight is 315 g/mol. The van der Waals surface area contributed by atoms with E-state index in [4.69, 9.17) is 0 Å². The van der Waals surface area contributed by atoms with E-state index in [-0.39, 0.29) is 23.9 Å². The monoisotopic (exact) mass is 315 g/mol. The first-order chi connectivity index (χ1) is 11.1. The van der Waals surface area contributed by atoms with Crippen LogP contribution in [-0.2, 0) is 4.79 Å². The molecule has 1 aromatic rings. The first-order valence-corrected chi connectivity index (χ1v) is 8.61. The highest BCUT2D eigenvalue weighted by Gasteiger charge is 2.29. The number of benzene rings is 1. The number of carbonyl (C=O) groups excluding carboxylic acids is 2. The standard InChI is InChI=1S/C18H25N3O2/c1-12-7-10-15(19-17(22)13-8-9-13)11-16(12)21-18(23)20-14-5-3-2-4-6-14/h7,10-11,13-14H,2-6,8-9H2,1H3,(H,19,22)(H2,20,21,23). The van der Waals surface area contributed by atoms with Crippen molar-refractivity contribution in [3.05, 3.63) is 23.8 Å². The molecule has 0 aliphatic heterocycles. The summed E-state index contributed by atoms with van der Waals surface area (Å²) in [7, 11) is 0. The van der Waals surface area contributed by atoms with Gasteiger partial charge in [0.2, 0.25) is 5.91 Å². The first kappa shape index (κ1) is 15.8. The van der Waals surface area contributed by atoms with Gasteiger partial charge in [-0.15, -0.1) is 0 Å². The summed E-state index contributed by atoms with van der Waals surface area (Å²) in [6.07, 6.45) is 7.72. The molecule has 5 heteroatoms. The molecule has 5 nitrogen and oxygen atoms in total. The van der Waals surface area contributed by atoms with Gasteiger partial charge < -0.3 is 16.0 Å². The summed E-state index contributed by atoms with van der Waals surface area (Å²) < 4.78 is 0. The predicted molar refractivity (Wildman–Crippen MR) is 91.6 cm³/mol. The molecule has 3 rings (SSSR count). The summed E-state index contributed by atoms with van der Waals surface area (Å²) in [5.74, 6) is 0.244. The van der Waals surface area contributed by atoms with Crippen molar-refractivity contribution in [1.29, 1.82) is 0 Å². The van der Waals surface area contributed by atoms with Crippen LogP contribution in [0, 0.1) is 12.8 Å². The Kier molecular flexibility index (Phi) is 4.84. The molecule has 124 valence electrons. The number of amides is 3. The third-order valence-electron chi connectivity index (χ3n) is 4.64. The Labute approximate surface area is 137 Å². The lowest BCUT2D eigenvalue weighted by Gasteiger charge is -2.23. The van der Waals surface area contributed by atoms with Crippen molar-refractivity contribution in [2.75, 3.05) is 10.6 Å². The molecule has 0 aromatic heterocycles. The van der Waals surface area contributed by atoms with Crippen molar-refractivity contribution in [3.8, 4) is 0 Å². The van der Waals surface area contributed by atoms with E-state index in [0.717, 1.165) is 42.6 Å². The van der Waals surface area contributed by atoms with Crippen LogP contribution in [0.4, 0.5) is 16.2 Å². The summed E-state index contributed by atoms with van der Waals surface area (Å²) >= 11 is 0. The van der Waals surface area contributed by atoms with Gasteiger partial charge in [0.15, 0.2) is 0 Å². The zero-order chi connectivity index (χ0) is 16.2. The van der Waals surface area contributed by atoms with Gasteiger partial charge in [0.25, 0.3) is 0 Å². The minimum absolute atomic E-state index is 0.0754. The zero-order valence-corrected chi connectivity index (χ0v) is 13.7. The van der Waals surface area contributed by atoms with Gasteiger partial charge in [0.05, 0.1) is 0 Å². The van der Waals surface area contributed by atoms with E-state index >= 15 is 0 Å². The quantitative estimate of drug-likeness (QED) is 0.791. The number of urea groups is 1. The van der Waals surface area contributed by atoms with Gasteiger partial charge in [0.1, 0.15) is 0 Å². The summed E-state index contributed by atoms with van der Waals surface area (Å²) in [4.78, 5) is 24.0. The van der Waals surface area contributed by atoms with Gasteiger partial charge in [-0.05, 0) is 50.3 Å². The Morgan fingerprint density at radius 3 is 2.43 bits per heavy atom. The number of aryl methyl sites for hydroxylation is 1. The molecular weight excluding hydrogens is 290 g/mol. The first-order valence-electron chi connectivity index (χ1n) is 8.61. The van der Waals surface area contributed by atoms with Gasteiger partial charge in [-0.1, -0.05) is 25.3 Å². The lowest BCUT2D eigenvalue weighted by Crippen LogP contribution is -2.39. The average Bonchev–Trinajstić information content (AvgIpc) is 3.36. The molecule has 0 bridgehead atoms. The predicted octanol–water partition coefficient (Wildman–Crippen LogP) is 3.80. The molecule has 0 spiro atoms. The van der Waals surface area contributed by atoms with E-state index in [9.17, 15) is 9.59 Å². The molecule has 3 N–H and O–H groups in total. The minimum Gasteiger partial charge on any atom is -0.335 e. The fraction of sp³-hybridized carbons (Fsp3) is 0.556. The number of rotatable bonds is 4. The maximum atomic E-state index is 12.2. The van der Waals surface area contributed by atoms with Crippen LogP contribution in [0.5, 0.6) is 0 Å². The molecule has 0 heterocycles. The van der Waals surface area contributed by atoms with Crippen molar-refractivity contribution in [2.45, 2.75) is 57.9 Å². The van der Waals surface area contributed by atoms with Crippen LogP contribution in [0.2, 0.25) is 0 Å². The second-order valence-electron chi connectivity index (χ2n) is 6.73. The van der Waals surface area contributed by atoms with Gasteiger partial charge in [0, 0.05) is 23.3 Å². The Bertz CT molecular complexity index is 590. The smallest absolute Gasteiger partial charge is 0.319 e. The van der Waals surface area contributed by atoms with E-state index in [2.05, 4.69) is 16.0 Å². The van der Waals surface area contributed by atoms with Crippen LogP contribution in [-0.4, -0.2) is 18.0 Å². The maximum Gasteiger partial charge on any atom is 0.319 e. The third kappa shape index (κ3) is 4.47. The summed E-state index contributed by atoms with van der Waals surface area (Å²) in [6, 6.07) is 5.74. The number of nitrogens with one attached hydrogen (secondary N) is 3. The molecule has 3 amide bonds. The number of hydrogen-bond acceptors (Lipinski definition) is 2. The van der Waals surface area contributed by atoms with Gasteiger partial charge in [-0.3, -0.25) is 4.79 Å². The highest BCUT2D eigenvalue weighted by molar-refractivity contribution is 5.96. The molecule has 23 heavy (non-hydrogen) atoms. The summed E-state index contributed by atoms with van der Waals surface area (Å²) in [6.45, 7) is 1.95. The number of anilines is 2. The van der Waals surface area contributed by atoms with E-state index in [1.165, 1.54) is 19.3 Å². The number of carbonyl (C=O) groups is 2. The Morgan fingerprint density at radius 1 is 1.00 bits per heavy atom. The largest absolute Gasteiger partial charge is 0.335 e. The molecule has 0 saturated heterocycles. The molecule has 0 radical (unpaired) electrons. The van der Waals surface area contributed by atoms with Crippen LogP contribution >= 0.6 is 0 Å². The van der Waals surface area contributed by atoms with E-state index in [1.54, 1.807) is 0 Å². The number of hydrogen-bond donors (Lipinski definition) is 3. The molecule has 0 atom stereocenters. The van der Waals surface area contributed by atoms with Gasteiger partial charge in [-0.2, -0.15) is 0 Å². The van der Waals surface area contributed by atoms with E-state index in [0.29, 0.717) is 0 Å². The Morgan fingerprint density at radius 2 is 1.74 bits per heavy atom. The third-order valence-corrected chi connectivity index (χ3v) is 4.64. The SMILES string of the molecule is Cc1ccc(NC(=O)C2CC2)cc1NC(=O)NC1CCCCC1. The molecule has 2 saturated carbocycles. The van der Waals surface area contributed by atoms with Crippen molar-refractivity contribution in [2.24, 2.45) is 5.92 Å². The lowest BCUT2D eigenvalue weighted by atomic mass is 9.96. The maximum absolute atomic E-state index is 12.2. The van der Waals surface area contributed by atoms with Crippen molar-refractivity contribution >= 4 is 23.3 Å². The molecule has 0 unspecified atom stereocenters. The second-order valence-corrected chi connectivity index (χ2v) is 6.73. The van der Waals surface area contributed by atoms with Crippen molar-refractivity contribution < 1.29 is 9.59 Å². The minimum atomic E-state index is -0.161. The normalized spacial score (nSPS) is 18.3. The topological polar surface area (TPSA) is 70.2 Å². The van der Waals surface area contributed by atoms with Crippen LogP contribution < -0.4 is 16.0 Å². The Hall–Kier alpha value is -2.04. The van der Waals surface area contributed by atoms with Crippen molar-refractivity contribution in [1.82, 2.24) is 5.32 Å². The van der Waals surface area contributed by atoms with Gasteiger partial charge >= 0.3 is 6.03 Å². The van der Waals surface area contributed by atoms with Crippen LogP contribution in [0.15, 0.2) is 18.2 Å². The van der Waals surface area contributed by atoms with E-state index in [1.807, 2.05) is 25.1 Å². The van der Waals surface area contributed by atoms with E-state index < -0.39 is 0 Å². The highest BCUT2D eigenvalue weighted by atomic mass is 16.2.